The molecule has 0 saturated carbocycles. The molecule has 4 rings (SSSR count). The molecule has 0 aliphatic carbocycles. The number of nitrogens with zero attached hydrogens (tertiary/aromatic N) is 5. The first-order chi connectivity index (χ1) is 11.9. The van der Waals surface area contributed by atoms with Crippen LogP contribution in [0.3, 0.4) is 0 Å². The molecular formula is C17H21N7. The molecule has 3 aromatic rings. The molecule has 3 N–H and O–H groups in total. The molecule has 7 heteroatoms. The maximum absolute atomic E-state index is 5.69. The molecular weight excluding hydrogens is 302 g/mol. The second kappa shape index (κ2) is 6.52. The van der Waals surface area contributed by atoms with Gasteiger partial charge in [-0.2, -0.15) is 0 Å². The number of aryl methyl sites for hydroxylation is 1. The molecule has 0 bridgehead atoms. The molecule has 3 heterocycles. The average Bonchev–Trinajstić information content (AvgIpc) is 3.28. The quantitative estimate of drug-likeness (QED) is 0.717. The van der Waals surface area contributed by atoms with Crippen molar-refractivity contribution >= 4 is 0 Å². The number of fused-ring (bicyclic) bond motifs is 3. The Morgan fingerprint density at radius 1 is 1.25 bits per heavy atom. The summed E-state index contributed by atoms with van der Waals surface area (Å²) in [5.41, 5.74) is 10.8. The molecule has 2 aromatic heterocycles. The molecule has 0 amide bonds. The van der Waals surface area contributed by atoms with Gasteiger partial charge >= 0.3 is 0 Å². The van der Waals surface area contributed by atoms with Gasteiger partial charge in [0, 0.05) is 23.7 Å². The van der Waals surface area contributed by atoms with Crippen molar-refractivity contribution in [3.8, 4) is 5.69 Å². The highest BCUT2D eigenvalue weighted by atomic mass is 15.5. The molecule has 1 aliphatic heterocycles. The largest absolute Gasteiger partial charge is 0.330 e. The van der Waals surface area contributed by atoms with Crippen molar-refractivity contribution < 1.29 is 0 Å². The third-order valence-corrected chi connectivity index (χ3v) is 4.78. The summed E-state index contributed by atoms with van der Waals surface area (Å²) in [6, 6.07) is 8.54. The first kappa shape index (κ1) is 15.0. The first-order valence-corrected chi connectivity index (χ1v) is 8.44. The van der Waals surface area contributed by atoms with E-state index in [0.717, 1.165) is 43.6 Å². The Hall–Kier alpha value is -2.54. The number of hydrogen-bond donors (Lipinski definition) is 2. The lowest BCUT2D eigenvalue weighted by Gasteiger charge is -2.20. The van der Waals surface area contributed by atoms with Gasteiger partial charge in [-0.1, -0.05) is 18.2 Å². The van der Waals surface area contributed by atoms with E-state index in [-0.39, 0.29) is 5.92 Å². The van der Waals surface area contributed by atoms with Gasteiger partial charge in [-0.25, -0.2) is 10.1 Å². The van der Waals surface area contributed by atoms with Crippen molar-refractivity contribution in [2.24, 2.45) is 5.73 Å². The maximum atomic E-state index is 5.69. The minimum atomic E-state index is 0.223. The summed E-state index contributed by atoms with van der Waals surface area (Å²) in [7, 11) is 0. The first-order valence-electron chi connectivity index (χ1n) is 8.44. The SMILES string of the molecule is NCCCC(Cc1ncn2c1CCc1ccccc1-2)c1nnn[nH]1. The molecule has 124 valence electrons. The van der Waals surface area contributed by atoms with E-state index in [9.17, 15) is 0 Å². The van der Waals surface area contributed by atoms with E-state index in [1.54, 1.807) is 0 Å². The molecule has 1 aromatic carbocycles. The van der Waals surface area contributed by atoms with Gasteiger partial charge in [-0.15, -0.1) is 5.10 Å². The van der Waals surface area contributed by atoms with Crippen LogP contribution in [0.5, 0.6) is 0 Å². The van der Waals surface area contributed by atoms with Crippen LogP contribution in [0.1, 0.15) is 41.5 Å². The molecule has 1 aliphatic rings. The highest BCUT2D eigenvalue weighted by molar-refractivity contribution is 5.46. The van der Waals surface area contributed by atoms with Crippen LogP contribution >= 0.6 is 0 Å². The second-order valence-corrected chi connectivity index (χ2v) is 6.26. The number of para-hydroxylation sites is 1. The van der Waals surface area contributed by atoms with Crippen LogP contribution in [0, 0.1) is 0 Å². The highest BCUT2D eigenvalue weighted by Crippen LogP contribution is 2.29. The zero-order valence-electron chi connectivity index (χ0n) is 13.5. The van der Waals surface area contributed by atoms with E-state index in [2.05, 4.69) is 49.5 Å². The number of benzene rings is 1. The number of aromatic nitrogens is 6. The van der Waals surface area contributed by atoms with Crippen molar-refractivity contribution in [2.75, 3.05) is 6.54 Å². The van der Waals surface area contributed by atoms with E-state index in [0.29, 0.717) is 6.54 Å². The third-order valence-electron chi connectivity index (χ3n) is 4.78. The number of aromatic amines is 1. The molecule has 1 atom stereocenters. The van der Waals surface area contributed by atoms with Crippen LogP contribution in [0.4, 0.5) is 0 Å². The van der Waals surface area contributed by atoms with Crippen molar-refractivity contribution in [1.82, 2.24) is 30.2 Å². The van der Waals surface area contributed by atoms with E-state index in [1.807, 2.05) is 6.33 Å². The summed E-state index contributed by atoms with van der Waals surface area (Å²) in [5.74, 6) is 1.04. The Bertz CT molecular complexity index is 806. The summed E-state index contributed by atoms with van der Waals surface area (Å²) in [6.45, 7) is 0.673. The number of hydrogen-bond acceptors (Lipinski definition) is 5. The Morgan fingerprint density at radius 2 is 2.17 bits per heavy atom. The molecule has 0 spiro atoms. The van der Waals surface area contributed by atoms with Crippen molar-refractivity contribution in [2.45, 2.75) is 38.0 Å². The summed E-state index contributed by atoms with van der Waals surface area (Å²) in [6.07, 6.45) is 6.76. The van der Waals surface area contributed by atoms with E-state index >= 15 is 0 Å². The zero-order chi connectivity index (χ0) is 16.4. The van der Waals surface area contributed by atoms with Crippen molar-refractivity contribution in [3.63, 3.8) is 0 Å². The molecule has 7 nitrogen and oxygen atoms in total. The predicted molar refractivity (Wildman–Crippen MR) is 89.9 cm³/mol. The van der Waals surface area contributed by atoms with Gasteiger partial charge in [-0.3, -0.25) is 0 Å². The van der Waals surface area contributed by atoms with Gasteiger partial charge < -0.3 is 10.3 Å². The minimum Gasteiger partial charge on any atom is -0.330 e. The smallest absolute Gasteiger partial charge is 0.151 e. The topological polar surface area (TPSA) is 98.3 Å². The van der Waals surface area contributed by atoms with E-state index in [1.165, 1.54) is 16.9 Å². The lowest BCUT2D eigenvalue weighted by Crippen LogP contribution is -2.14. The number of imidazole rings is 1. The number of rotatable bonds is 6. The Balaban J connectivity index is 1.63. The Morgan fingerprint density at radius 3 is 3.00 bits per heavy atom. The summed E-state index contributed by atoms with van der Waals surface area (Å²) in [4.78, 5) is 4.70. The lowest BCUT2D eigenvalue weighted by molar-refractivity contribution is 0.557. The summed E-state index contributed by atoms with van der Waals surface area (Å²) >= 11 is 0. The fourth-order valence-electron chi connectivity index (χ4n) is 3.54. The molecule has 0 saturated heterocycles. The fourth-order valence-corrected chi connectivity index (χ4v) is 3.54. The van der Waals surface area contributed by atoms with Crippen LogP contribution in [-0.4, -0.2) is 36.7 Å². The normalized spacial score (nSPS) is 14.2. The molecule has 0 radical (unpaired) electrons. The van der Waals surface area contributed by atoms with Gasteiger partial charge in [-0.05, 0) is 54.3 Å². The highest BCUT2D eigenvalue weighted by Gasteiger charge is 2.23. The molecule has 24 heavy (non-hydrogen) atoms. The van der Waals surface area contributed by atoms with Gasteiger partial charge in [0.15, 0.2) is 5.82 Å². The van der Waals surface area contributed by atoms with E-state index < -0.39 is 0 Å². The van der Waals surface area contributed by atoms with Gasteiger partial charge in [0.25, 0.3) is 0 Å². The number of H-pyrrole nitrogens is 1. The number of nitrogens with two attached hydrogens (primary N) is 1. The van der Waals surface area contributed by atoms with Crippen LogP contribution in [-0.2, 0) is 19.3 Å². The minimum absolute atomic E-state index is 0.223. The number of nitrogens with one attached hydrogen (secondary N) is 1. The number of tetrazole rings is 1. The van der Waals surface area contributed by atoms with Crippen LogP contribution in [0.15, 0.2) is 30.6 Å². The van der Waals surface area contributed by atoms with Crippen LogP contribution < -0.4 is 5.73 Å². The fraction of sp³-hybridized carbons (Fsp3) is 0.412. The van der Waals surface area contributed by atoms with Crippen molar-refractivity contribution in [3.05, 3.63) is 53.4 Å². The summed E-state index contributed by atoms with van der Waals surface area (Å²) < 4.78 is 2.23. The monoisotopic (exact) mass is 323 g/mol. The van der Waals surface area contributed by atoms with Gasteiger partial charge in [0.1, 0.15) is 0 Å². The van der Waals surface area contributed by atoms with Crippen LogP contribution in [0.2, 0.25) is 0 Å². The van der Waals surface area contributed by atoms with Gasteiger partial charge in [0.05, 0.1) is 12.0 Å². The summed E-state index contributed by atoms with van der Waals surface area (Å²) in [5, 5.41) is 14.5. The molecule has 0 fully saturated rings. The van der Waals surface area contributed by atoms with Crippen LogP contribution in [0.25, 0.3) is 5.69 Å². The lowest BCUT2D eigenvalue weighted by atomic mass is 9.93. The molecule has 1 unspecified atom stereocenters. The standard InChI is InChI=1S/C17H21N7/c18-9-3-5-13(17-20-22-23-21-17)10-14-16-8-7-12-4-1-2-6-15(12)24(16)11-19-14/h1-2,4,6,11,13H,3,5,7-10,18H2,(H,20,21,22,23). The van der Waals surface area contributed by atoms with E-state index in [4.69, 9.17) is 10.7 Å². The zero-order valence-corrected chi connectivity index (χ0v) is 13.5. The third kappa shape index (κ3) is 2.71. The Kier molecular flexibility index (Phi) is 4.08. The average molecular weight is 323 g/mol. The Labute approximate surface area is 140 Å². The predicted octanol–water partition coefficient (Wildman–Crippen LogP) is 1.55. The second-order valence-electron chi connectivity index (χ2n) is 6.26. The van der Waals surface area contributed by atoms with Gasteiger partial charge in [0.2, 0.25) is 0 Å². The maximum Gasteiger partial charge on any atom is 0.151 e. The van der Waals surface area contributed by atoms with Crippen molar-refractivity contribution in [1.29, 1.82) is 0 Å².